The molecule has 1 aromatic heterocycles. The van der Waals surface area contributed by atoms with Crippen molar-refractivity contribution in [1.82, 2.24) is 9.71 Å². The quantitative estimate of drug-likeness (QED) is 0.764. The first-order valence-electron chi connectivity index (χ1n) is 6.02. The average Bonchev–Trinajstić information content (AvgIpc) is 2.30. The standard InChI is InChI=1S/C12H18BrClN2O3S/c1-12(2,3)10(4-5-17)16-20(18,19)9-6-8(13)7-15-11(9)14/h6-7,10,16-17H,4-5H2,1-3H3. The smallest absolute Gasteiger partial charge is 0.243 e. The van der Waals surface area contributed by atoms with Crippen LogP contribution in [0.2, 0.25) is 5.15 Å². The molecule has 0 fully saturated rings. The maximum absolute atomic E-state index is 12.4. The zero-order chi connectivity index (χ0) is 15.6. The van der Waals surface area contributed by atoms with Gasteiger partial charge in [0.05, 0.1) is 0 Å². The normalized spacial score (nSPS) is 14.3. The van der Waals surface area contributed by atoms with Crippen molar-refractivity contribution in [3.05, 3.63) is 21.9 Å². The lowest BCUT2D eigenvalue weighted by molar-refractivity contribution is 0.214. The van der Waals surface area contributed by atoms with E-state index in [1.807, 2.05) is 20.8 Å². The Hall–Kier alpha value is -0.210. The lowest BCUT2D eigenvalue weighted by Crippen LogP contribution is -2.44. The van der Waals surface area contributed by atoms with Crippen molar-refractivity contribution in [2.45, 2.75) is 38.1 Å². The zero-order valence-electron chi connectivity index (χ0n) is 11.5. The van der Waals surface area contributed by atoms with E-state index < -0.39 is 16.1 Å². The lowest BCUT2D eigenvalue weighted by Gasteiger charge is -2.30. The number of nitrogens with one attached hydrogen (secondary N) is 1. The molecule has 1 rings (SSSR count). The Bertz CT molecular complexity index is 573. The van der Waals surface area contributed by atoms with Crippen LogP contribution in [-0.4, -0.2) is 31.2 Å². The second-order valence-electron chi connectivity index (χ2n) is 5.49. The summed E-state index contributed by atoms with van der Waals surface area (Å²) in [6.45, 7) is 5.60. The van der Waals surface area contributed by atoms with E-state index in [0.29, 0.717) is 10.9 Å². The van der Waals surface area contributed by atoms with Crippen molar-refractivity contribution in [3.8, 4) is 0 Å². The average molecular weight is 386 g/mol. The number of aromatic nitrogens is 1. The molecule has 0 aliphatic rings. The van der Waals surface area contributed by atoms with E-state index in [2.05, 4.69) is 25.6 Å². The minimum absolute atomic E-state index is 0.0827. The summed E-state index contributed by atoms with van der Waals surface area (Å²) in [4.78, 5) is 3.73. The second kappa shape index (κ2) is 6.70. The van der Waals surface area contributed by atoms with Gasteiger partial charge in [-0.05, 0) is 33.8 Å². The zero-order valence-corrected chi connectivity index (χ0v) is 14.7. The number of sulfonamides is 1. The number of hydrogen-bond acceptors (Lipinski definition) is 4. The van der Waals surface area contributed by atoms with E-state index in [-0.39, 0.29) is 22.1 Å². The third kappa shape index (κ3) is 4.66. The molecule has 0 saturated carbocycles. The molecule has 0 aromatic carbocycles. The molecular formula is C12H18BrClN2O3S. The van der Waals surface area contributed by atoms with Gasteiger partial charge in [0, 0.05) is 23.3 Å². The number of rotatable bonds is 5. The lowest BCUT2D eigenvalue weighted by atomic mass is 9.86. The van der Waals surface area contributed by atoms with E-state index in [0.717, 1.165) is 0 Å². The van der Waals surface area contributed by atoms with Crippen LogP contribution in [0.3, 0.4) is 0 Å². The number of nitrogens with zero attached hydrogens (tertiary/aromatic N) is 1. The highest BCUT2D eigenvalue weighted by Crippen LogP contribution is 2.27. The Morgan fingerprint density at radius 1 is 1.50 bits per heavy atom. The molecule has 0 saturated heterocycles. The number of aliphatic hydroxyl groups is 1. The summed E-state index contributed by atoms with van der Waals surface area (Å²) in [5.74, 6) is 0. The van der Waals surface area contributed by atoms with Crippen molar-refractivity contribution in [1.29, 1.82) is 0 Å². The molecule has 0 bridgehead atoms. The van der Waals surface area contributed by atoms with Crippen LogP contribution in [-0.2, 0) is 10.0 Å². The Morgan fingerprint density at radius 2 is 2.10 bits per heavy atom. The first-order chi connectivity index (χ1) is 9.08. The van der Waals surface area contributed by atoms with Gasteiger partial charge in [-0.1, -0.05) is 32.4 Å². The number of aliphatic hydroxyl groups excluding tert-OH is 1. The second-order valence-corrected chi connectivity index (χ2v) is 8.45. The van der Waals surface area contributed by atoms with Crippen LogP contribution >= 0.6 is 27.5 Å². The van der Waals surface area contributed by atoms with Crippen LogP contribution in [0.15, 0.2) is 21.6 Å². The molecule has 2 N–H and O–H groups in total. The number of pyridine rings is 1. The third-order valence-electron chi connectivity index (χ3n) is 2.82. The highest BCUT2D eigenvalue weighted by Gasteiger charge is 2.30. The molecule has 8 heteroatoms. The van der Waals surface area contributed by atoms with E-state index >= 15 is 0 Å². The molecule has 1 atom stereocenters. The Balaban J connectivity index is 3.13. The minimum atomic E-state index is -3.80. The molecule has 1 unspecified atom stereocenters. The van der Waals surface area contributed by atoms with Gasteiger partial charge in [-0.3, -0.25) is 0 Å². The number of hydrogen-bond donors (Lipinski definition) is 2. The highest BCUT2D eigenvalue weighted by atomic mass is 79.9. The molecule has 0 spiro atoms. The fourth-order valence-electron chi connectivity index (χ4n) is 1.64. The fourth-order valence-corrected chi connectivity index (χ4v) is 4.06. The van der Waals surface area contributed by atoms with Gasteiger partial charge >= 0.3 is 0 Å². The highest BCUT2D eigenvalue weighted by molar-refractivity contribution is 9.10. The van der Waals surface area contributed by atoms with Crippen molar-refractivity contribution < 1.29 is 13.5 Å². The maximum atomic E-state index is 12.4. The van der Waals surface area contributed by atoms with Crippen molar-refractivity contribution in [2.24, 2.45) is 5.41 Å². The van der Waals surface area contributed by atoms with E-state index in [9.17, 15) is 8.42 Å². The summed E-state index contributed by atoms with van der Waals surface area (Å²) in [6, 6.07) is 0.989. The molecule has 0 radical (unpaired) electrons. The number of halogens is 2. The predicted octanol–water partition coefficient (Wildman–Crippen LogP) is 2.57. The van der Waals surface area contributed by atoms with Gasteiger partial charge in [0.25, 0.3) is 0 Å². The van der Waals surface area contributed by atoms with Crippen LogP contribution in [0, 0.1) is 5.41 Å². The molecular weight excluding hydrogens is 368 g/mol. The first-order valence-corrected chi connectivity index (χ1v) is 8.67. The van der Waals surface area contributed by atoms with Gasteiger partial charge < -0.3 is 5.11 Å². The van der Waals surface area contributed by atoms with Crippen LogP contribution in [0.25, 0.3) is 0 Å². The Labute approximate surface area is 132 Å². The van der Waals surface area contributed by atoms with Crippen LogP contribution < -0.4 is 4.72 Å². The van der Waals surface area contributed by atoms with E-state index in [1.165, 1.54) is 12.3 Å². The molecule has 0 aliphatic heterocycles. The molecule has 5 nitrogen and oxygen atoms in total. The summed E-state index contributed by atoms with van der Waals surface area (Å²) in [5.41, 5.74) is -0.332. The van der Waals surface area contributed by atoms with Gasteiger partial charge in [-0.25, -0.2) is 18.1 Å². The predicted molar refractivity (Wildman–Crippen MR) is 82.2 cm³/mol. The summed E-state index contributed by atoms with van der Waals surface area (Å²) in [5, 5.41) is 9.00. The van der Waals surface area contributed by atoms with Crippen LogP contribution in [0.4, 0.5) is 0 Å². The maximum Gasteiger partial charge on any atom is 0.243 e. The first kappa shape index (κ1) is 17.8. The van der Waals surface area contributed by atoms with E-state index in [4.69, 9.17) is 16.7 Å². The fraction of sp³-hybridized carbons (Fsp3) is 0.583. The monoisotopic (exact) mass is 384 g/mol. The molecule has 114 valence electrons. The van der Waals surface area contributed by atoms with Gasteiger partial charge in [0.1, 0.15) is 10.0 Å². The molecule has 20 heavy (non-hydrogen) atoms. The Kier molecular flexibility index (Phi) is 5.98. The summed E-state index contributed by atoms with van der Waals surface area (Å²) < 4.78 is 27.9. The van der Waals surface area contributed by atoms with Gasteiger partial charge in [-0.2, -0.15) is 0 Å². The molecule has 0 amide bonds. The van der Waals surface area contributed by atoms with Gasteiger partial charge in [0.2, 0.25) is 10.0 Å². The van der Waals surface area contributed by atoms with Gasteiger partial charge in [-0.15, -0.1) is 0 Å². The topological polar surface area (TPSA) is 79.3 Å². The summed E-state index contributed by atoms with van der Waals surface area (Å²) in [6.07, 6.45) is 1.75. The van der Waals surface area contributed by atoms with Crippen molar-refractivity contribution in [3.63, 3.8) is 0 Å². The largest absolute Gasteiger partial charge is 0.396 e. The molecule has 1 aromatic rings. The SMILES string of the molecule is CC(C)(C)C(CCO)NS(=O)(=O)c1cc(Br)cnc1Cl. The third-order valence-corrected chi connectivity index (χ3v) is 5.16. The Morgan fingerprint density at radius 3 is 2.60 bits per heavy atom. The van der Waals surface area contributed by atoms with Crippen molar-refractivity contribution in [2.75, 3.05) is 6.61 Å². The minimum Gasteiger partial charge on any atom is -0.396 e. The van der Waals surface area contributed by atoms with Gasteiger partial charge in [0.15, 0.2) is 0 Å². The summed E-state index contributed by atoms with van der Waals surface area (Å²) in [7, 11) is -3.80. The van der Waals surface area contributed by atoms with E-state index in [1.54, 1.807) is 0 Å². The summed E-state index contributed by atoms with van der Waals surface area (Å²) >= 11 is 9.03. The van der Waals surface area contributed by atoms with Crippen LogP contribution in [0.1, 0.15) is 27.2 Å². The van der Waals surface area contributed by atoms with Crippen LogP contribution in [0.5, 0.6) is 0 Å². The van der Waals surface area contributed by atoms with Crippen molar-refractivity contribution >= 4 is 37.6 Å². The molecule has 0 aliphatic carbocycles. The molecule has 1 heterocycles.